The summed E-state index contributed by atoms with van der Waals surface area (Å²) < 4.78 is 5.59. The Morgan fingerprint density at radius 1 is 1.30 bits per heavy atom. The maximum absolute atomic E-state index is 11.0. The van der Waals surface area contributed by atoms with Crippen molar-refractivity contribution in [3.05, 3.63) is 29.8 Å². The van der Waals surface area contributed by atoms with Gasteiger partial charge in [-0.25, -0.2) is 4.79 Å². The highest BCUT2D eigenvalue weighted by Crippen LogP contribution is 2.18. The summed E-state index contributed by atoms with van der Waals surface area (Å²) in [5.74, 6) is -0.500. The van der Waals surface area contributed by atoms with Gasteiger partial charge in [-0.15, -0.1) is 0 Å². The molecular formula is C16H25NO3. The van der Waals surface area contributed by atoms with Crippen LogP contribution in [0.4, 0.5) is 0 Å². The summed E-state index contributed by atoms with van der Waals surface area (Å²) in [5, 5.41) is 9.06. The summed E-state index contributed by atoms with van der Waals surface area (Å²) in [6, 6.07) is 7.37. The van der Waals surface area contributed by atoms with Crippen LogP contribution >= 0.6 is 0 Å². The summed E-state index contributed by atoms with van der Waals surface area (Å²) in [7, 11) is 2.13. The van der Waals surface area contributed by atoms with Crippen LogP contribution in [-0.2, 0) is 0 Å². The van der Waals surface area contributed by atoms with Crippen LogP contribution in [0, 0.1) is 0 Å². The molecule has 0 fully saturated rings. The number of ether oxygens (including phenoxy) is 1. The molecule has 0 atom stereocenters. The third kappa shape index (κ3) is 4.85. The van der Waals surface area contributed by atoms with Gasteiger partial charge in [0.25, 0.3) is 0 Å². The lowest BCUT2D eigenvalue weighted by molar-refractivity contribution is 0.0692. The van der Waals surface area contributed by atoms with Crippen molar-refractivity contribution in [1.29, 1.82) is 0 Å². The van der Waals surface area contributed by atoms with Crippen molar-refractivity contribution in [3.63, 3.8) is 0 Å². The lowest BCUT2D eigenvalue weighted by Crippen LogP contribution is -2.32. The van der Waals surface area contributed by atoms with E-state index in [2.05, 4.69) is 25.8 Å². The van der Waals surface area contributed by atoms with E-state index in [4.69, 9.17) is 9.84 Å². The number of hydrogen-bond acceptors (Lipinski definition) is 3. The zero-order valence-electron chi connectivity index (χ0n) is 12.6. The molecule has 0 saturated heterocycles. The molecule has 0 spiro atoms. The van der Waals surface area contributed by atoms with Crippen LogP contribution in [0.1, 0.15) is 43.5 Å². The first-order chi connectivity index (χ1) is 9.60. The van der Waals surface area contributed by atoms with Crippen molar-refractivity contribution in [3.8, 4) is 5.75 Å². The molecular weight excluding hydrogens is 254 g/mol. The highest BCUT2D eigenvalue weighted by atomic mass is 16.5. The number of aromatic carboxylic acids is 1. The van der Waals surface area contributed by atoms with E-state index < -0.39 is 5.97 Å². The molecule has 0 aliphatic heterocycles. The Bertz CT molecular complexity index is 416. The molecule has 1 N–H and O–H groups in total. The molecule has 0 amide bonds. The molecule has 0 unspecified atom stereocenters. The van der Waals surface area contributed by atoms with E-state index in [0.717, 1.165) is 25.8 Å². The Balaban J connectivity index is 2.40. The van der Waals surface area contributed by atoms with Gasteiger partial charge in [0.15, 0.2) is 0 Å². The van der Waals surface area contributed by atoms with E-state index >= 15 is 0 Å². The van der Waals surface area contributed by atoms with Gasteiger partial charge in [0.05, 0.1) is 6.61 Å². The standard InChI is InChI=1S/C16H25NO3/c1-4-13(5-2)17(3)11-8-12-20-15-10-7-6-9-14(15)16(18)19/h6-7,9-10,13H,4-5,8,11-12H2,1-3H3,(H,18,19). The molecule has 0 aromatic heterocycles. The first-order valence-corrected chi connectivity index (χ1v) is 7.25. The lowest BCUT2D eigenvalue weighted by atomic mass is 10.1. The number of rotatable bonds is 9. The van der Waals surface area contributed by atoms with E-state index in [1.54, 1.807) is 24.3 Å². The Morgan fingerprint density at radius 3 is 2.55 bits per heavy atom. The Kier molecular flexibility index (Phi) is 7.09. The Hall–Kier alpha value is -1.55. The predicted octanol–water partition coefficient (Wildman–Crippen LogP) is 3.27. The van der Waals surface area contributed by atoms with Gasteiger partial charge >= 0.3 is 5.97 Å². The fourth-order valence-electron chi connectivity index (χ4n) is 2.36. The summed E-state index contributed by atoms with van der Waals surface area (Å²) in [5.41, 5.74) is 0.223. The highest BCUT2D eigenvalue weighted by molar-refractivity contribution is 5.90. The topological polar surface area (TPSA) is 49.8 Å². The van der Waals surface area contributed by atoms with Crippen LogP contribution in [0.15, 0.2) is 24.3 Å². The molecule has 4 heteroatoms. The molecule has 0 heterocycles. The number of carboxylic acids is 1. The van der Waals surface area contributed by atoms with E-state index in [0.29, 0.717) is 18.4 Å². The molecule has 0 aliphatic rings. The second-order valence-electron chi connectivity index (χ2n) is 4.95. The van der Waals surface area contributed by atoms with Crippen molar-refractivity contribution < 1.29 is 14.6 Å². The largest absolute Gasteiger partial charge is 0.493 e. The third-order valence-electron chi connectivity index (χ3n) is 3.60. The summed E-state index contributed by atoms with van der Waals surface area (Å²) >= 11 is 0. The zero-order valence-corrected chi connectivity index (χ0v) is 12.6. The molecule has 20 heavy (non-hydrogen) atoms. The van der Waals surface area contributed by atoms with Crippen LogP contribution in [-0.4, -0.2) is 42.2 Å². The van der Waals surface area contributed by atoms with Gasteiger partial charge in [0, 0.05) is 12.6 Å². The fourth-order valence-corrected chi connectivity index (χ4v) is 2.36. The minimum Gasteiger partial charge on any atom is -0.493 e. The van der Waals surface area contributed by atoms with Crippen LogP contribution in [0.3, 0.4) is 0 Å². The molecule has 0 radical (unpaired) electrons. The minimum atomic E-state index is -0.949. The molecule has 1 aromatic rings. The van der Waals surface area contributed by atoms with Crippen molar-refractivity contribution in [2.45, 2.75) is 39.2 Å². The van der Waals surface area contributed by atoms with Crippen molar-refractivity contribution in [1.82, 2.24) is 4.90 Å². The second-order valence-corrected chi connectivity index (χ2v) is 4.95. The fraction of sp³-hybridized carbons (Fsp3) is 0.562. The van der Waals surface area contributed by atoms with E-state index in [1.165, 1.54) is 0 Å². The number of carboxylic acid groups (broad SMARTS) is 1. The number of hydrogen-bond donors (Lipinski definition) is 1. The zero-order chi connectivity index (χ0) is 15.0. The Morgan fingerprint density at radius 2 is 1.95 bits per heavy atom. The van der Waals surface area contributed by atoms with Gasteiger partial charge in [0.1, 0.15) is 11.3 Å². The molecule has 0 aliphatic carbocycles. The SMILES string of the molecule is CCC(CC)N(C)CCCOc1ccccc1C(=O)O. The smallest absolute Gasteiger partial charge is 0.339 e. The normalized spacial score (nSPS) is 11.1. The Labute approximate surface area is 121 Å². The minimum absolute atomic E-state index is 0.223. The van der Waals surface area contributed by atoms with Gasteiger partial charge in [0.2, 0.25) is 0 Å². The van der Waals surface area contributed by atoms with Crippen LogP contribution in [0.2, 0.25) is 0 Å². The summed E-state index contributed by atoms with van der Waals surface area (Å²) in [6.45, 7) is 5.89. The molecule has 1 aromatic carbocycles. The summed E-state index contributed by atoms with van der Waals surface area (Å²) in [6.07, 6.45) is 3.19. The van der Waals surface area contributed by atoms with Crippen molar-refractivity contribution >= 4 is 5.97 Å². The highest BCUT2D eigenvalue weighted by Gasteiger charge is 2.11. The molecule has 1 rings (SSSR count). The van der Waals surface area contributed by atoms with E-state index in [1.807, 2.05) is 0 Å². The maximum atomic E-state index is 11.0. The van der Waals surface area contributed by atoms with Gasteiger partial charge in [-0.1, -0.05) is 26.0 Å². The van der Waals surface area contributed by atoms with Gasteiger partial charge in [-0.3, -0.25) is 0 Å². The molecule has 4 nitrogen and oxygen atoms in total. The second kappa shape index (κ2) is 8.59. The molecule has 0 saturated carbocycles. The quantitative estimate of drug-likeness (QED) is 0.705. The lowest BCUT2D eigenvalue weighted by Gasteiger charge is -2.25. The average Bonchev–Trinajstić information content (AvgIpc) is 2.45. The molecule has 112 valence electrons. The predicted molar refractivity (Wildman–Crippen MR) is 80.5 cm³/mol. The first-order valence-electron chi connectivity index (χ1n) is 7.25. The number of para-hydroxylation sites is 1. The van der Waals surface area contributed by atoms with Crippen LogP contribution in [0.25, 0.3) is 0 Å². The van der Waals surface area contributed by atoms with Crippen LogP contribution < -0.4 is 4.74 Å². The molecule has 0 bridgehead atoms. The van der Waals surface area contributed by atoms with Gasteiger partial charge in [-0.2, -0.15) is 0 Å². The van der Waals surface area contributed by atoms with E-state index in [9.17, 15) is 4.79 Å². The maximum Gasteiger partial charge on any atom is 0.339 e. The monoisotopic (exact) mass is 279 g/mol. The van der Waals surface area contributed by atoms with E-state index in [-0.39, 0.29) is 5.56 Å². The number of carbonyl (C=O) groups is 1. The third-order valence-corrected chi connectivity index (χ3v) is 3.60. The first kappa shape index (κ1) is 16.5. The van der Waals surface area contributed by atoms with Crippen LogP contribution in [0.5, 0.6) is 5.75 Å². The van der Waals surface area contributed by atoms with Crippen molar-refractivity contribution in [2.24, 2.45) is 0 Å². The average molecular weight is 279 g/mol. The number of benzene rings is 1. The summed E-state index contributed by atoms with van der Waals surface area (Å²) in [4.78, 5) is 13.4. The van der Waals surface area contributed by atoms with Crippen molar-refractivity contribution in [2.75, 3.05) is 20.2 Å². The van der Waals surface area contributed by atoms with Gasteiger partial charge < -0.3 is 14.7 Å². The van der Waals surface area contributed by atoms with Gasteiger partial charge in [-0.05, 0) is 38.4 Å². The number of nitrogens with zero attached hydrogens (tertiary/aromatic N) is 1.